The molecule has 0 unspecified atom stereocenters. The largest absolute Gasteiger partial charge is 0.444 e. The third kappa shape index (κ3) is 2.30. The lowest BCUT2D eigenvalue weighted by molar-refractivity contribution is -0.174. The molecule has 2 saturated heterocycles. The highest BCUT2D eigenvalue weighted by atomic mass is 19.3. The maximum absolute atomic E-state index is 13.6. The number of carbonyl (C=O) groups excluding carboxylic acids is 1. The maximum Gasteiger partial charge on any atom is 0.410 e. The summed E-state index contributed by atoms with van der Waals surface area (Å²) < 4.78 is 32.4. The van der Waals surface area contributed by atoms with Gasteiger partial charge in [-0.15, -0.1) is 0 Å². The summed E-state index contributed by atoms with van der Waals surface area (Å²) in [6.07, 6.45) is 0.465. The Labute approximate surface area is 106 Å². The predicted octanol–water partition coefficient (Wildman–Crippen LogP) is 1.99. The van der Waals surface area contributed by atoms with Crippen LogP contribution in [0.3, 0.4) is 0 Å². The van der Waals surface area contributed by atoms with Crippen molar-refractivity contribution >= 4 is 6.09 Å². The molecule has 104 valence electrons. The van der Waals surface area contributed by atoms with Crippen molar-refractivity contribution in [3.05, 3.63) is 0 Å². The Balaban J connectivity index is 2.02. The van der Waals surface area contributed by atoms with E-state index in [-0.39, 0.29) is 13.1 Å². The highest BCUT2D eigenvalue weighted by Gasteiger charge is 2.63. The first-order valence-corrected chi connectivity index (χ1v) is 6.26. The fourth-order valence-corrected chi connectivity index (χ4v) is 2.45. The predicted molar refractivity (Wildman–Crippen MR) is 62.7 cm³/mol. The highest BCUT2D eigenvalue weighted by molar-refractivity contribution is 5.68. The van der Waals surface area contributed by atoms with E-state index in [1.165, 1.54) is 4.90 Å². The van der Waals surface area contributed by atoms with Crippen LogP contribution in [0.2, 0.25) is 0 Å². The van der Waals surface area contributed by atoms with Gasteiger partial charge in [-0.05, 0) is 33.6 Å². The molecule has 2 aliphatic heterocycles. The fourth-order valence-electron chi connectivity index (χ4n) is 2.45. The molecular weight excluding hydrogens is 242 g/mol. The van der Waals surface area contributed by atoms with Crippen molar-refractivity contribution in [1.29, 1.82) is 0 Å². The summed E-state index contributed by atoms with van der Waals surface area (Å²) in [5.41, 5.74) is -1.83. The lowest BCUT2D eigenvalue weighted by Crippen LogP contribution is -2.78. The van der Waals surface area contributed by atoms with E-state index in [0.29, 0.717) is 19.4 Å². The van der Waals surface area contributed by atoms with Gasteiger partial charge < -0.3 is 9.64 Å². The molecule has 0 radical (unpaired) electrons. The van der Waals surface area contributed by atoms with Gasteiger partial charge in [0.15, 0.2) is 0 Å². The zero-order valence-corrected chi connectivity index (χ0v) is 11.1. The number of likely N-dealkylation sites (tertiary alicyclic amines) is 1. The number of hydrogen-bond acceptors (Lipinski definition) is 3. The molecule has 0 bridgehead atoms. The Morgan fingerprint density at radius 2 is 2.06 bits per heavy atom. The molecule has 2 aliphatic rings. The first-order chi connectivity index (χ1) is 8.15. The second-order valence-electron chi connectivity index (χ2n) is 6.15. The first kappa shape index (κ1) is 13.5. The molecule has 2 heterocycles. The average molecular weight is 262 g/mol. The molecule has 2 fully saturated rings. The molecule has 6 heteroatoms. The number of carbonyl (C=O) groups is 1. The minimum Gasteiger partial charge on any atom is -0.444 e. The molecule has 0 aromatic carbocycles. The van der Waals surface area contributed by atoms with Crippen LogP contribution in [-0.2, 0) is 4.74 Å². The Morgan fingerprint density at radius 1 is 1.39 bits per heavy atom. The Hall–Kier alpha value is -0.910. The molecule has 1 amide bonds. The third-order valence-corrected chi connectivity index (χ3v) is 3.49. The average Bonchev–Trinajstić information content (AvgIpc) is 2.25. The van der Waals surface area contributed by atoms with Crippen LogP contribution >= 0.6 is 0 Å². The highest BCUT2D eigenvalue weighted by Crippen LogP contribution is 2.42. The van der Waals surface area contributed by atoms with Gasteiger partial charge in [0.05, 0.1) is 6.54 Å². The van der Waals surface area contributed by atoms with E-state index in [0.717, 1.165) is 0 Å². The van der Waals surface area contributed by atoms with Crippen LogP contribution in [-0.4, -0.2) is 47.7 Å². The number of halogens is 2. The quantitative estimate of drug-likeness (QED) is 0.726. The summed E-state index contributed by atoms with van der Waals surface area (Å²) in [4.78, 5) is 13.3. The minimum absolute atomic E-state index is 0.0227. The van der Waals surface area contributed by atoms with Crippen molar-refractivity contribution in [2.24, 2.45) is 0 Å². The topological polar surface area (TPSA) is 41.6 Å². The van der Waals surface area contributed by atoms with E-state index in [2.05, 4.69) is 5.32 Å². The zero-order valence-electron chi connectivity index (χ0n) is 11.1. The molecule has 4 nitrogen and oxygen atoms in total. The summed E-state index contributed by atoms with van der Waals surface area (Å²) in [5, 5.41) is 2.80. The second-order valence-corrected chi connectivity index (χ2v) is 6.15. The number of ether oxygens (including phenoxy) is 1. The number of amides is 1. The Kier molecular flexibility index (Phi) is 3.04. The van der Waals surface area contributed by atoms with Gasteiger partial charge in [0, 0.05) is 13.1 Å². The number of nitrogens with zero attached hydrogens (tertiary/aromatic N) is 1. The van der Waals surface area contributed by atoms with E-state index in [4.69, 9.17) is 4.74 Å². The lowest BCUT2D eigenvalue weighted by Gasteiger charge is -2.54. The number of nitrogens with one attached hydrogen (secondary N) is 1. The van der Waals surface area contributed by atoms with Gasteiger partial charge in [0.1, 0.15) is 11.1 Å². The van der Waals surface area contributed by atoms with E-state index in [1.54, 1.807) is 20.8 Å². The van der Waals surface area contributed by atoms with Crippen LogP contribution in [0.15, 0.2) is 0 Å². The van der Waals surface area contributed by atoms with Crippen molar-refractivity contribution in [2.75, 3.05) is 19.6 Å². The van der Waals surface area contributed by atoms with Gasteiger partial charge in [-0.3, -0.25) is 5.32 Å². The van der Waals surface area contributed by atoms with Gasteiger partial charge in [0.25, 0.3) is 5.92 Å². The summed E-state index contributed by atoms with van der Waals surface area (Å²) in [6, 6.07) is 0. The summed E-state index contributed by atoms with van der Waals surface area (Å²) in [5.74, 6) is -2.73. The van der Waals surface area contributed by atoms with Crippen molar-refractivity contribution < 1.29 is 18.3 Å². The van der Waals surface area contributed by atoms with E-state index in [9.17, 15) is 13.6 Å². The third-order valence-electron chi connectivity index (χ3n) is 3.49. The molecule has 2 rings (SSSR count). The molecule has 18 heavy (non-hydrogen) atoms. The van der Waals surface area contributed by atoms with Crippen molar-refractivity contribution in [2.45, 2.75) is 50.7 Å². The summed E-state index contributed by atoms with van der Waals surface area (Å²) >= 11 is 0. The van der Waals surface area contributed by atoms with Crippen LogP contribution in [0.5, 0.6) is 0 Å². The van der Waals surface area contributed by atoms with E-state index >= 15 is 0 Å². The fraction of sp³-hybridized carbons (Fsp3) is 0.917. The molecule has 0 aliphatic carbocycles. The van der Waals surface area contributed by atoms with Crippen LogP contribution in [0, 0.1) is 0 Å². The van der Waals surface area contributed by atoms with Crippen molar-refractivity contribution in [3.8, 4) is 0 Å². The second kappa shape index (κ2) is 4.05. The standard InChI is InChI=1S/C12H20F2N2O2/c1-10(2,3)18-9(17)16-6-4-5-11(8-16)12(13,14)7-15-11/h15H,4-8H2,1-3H3/t11-/m0/s1. The van der Waals surface area contributed by atoms with Gasteiger partial charge in [-0.25, -0.2) is 13.6 Å². The maximum atomic E-state index is 13.6. The van der Waals surface area contributed by atoms with Gasteiger partial charge in [-0.2, -0.15) is 0 Å². The van der Waals surface area contributed by atoms with Crippen LogP contribution in [0.4, 0.5) is 13.6 Å². The molecule has 0 aromatic rings. The van der Waals surface area contributed by atoms with Crippen molar-refractivity contribution in [3.63, 3.8) is 0 Å². The number of piperidine rings is 1. The zero-order chi connectivity index (χ0) is 13.6. The van der Waals surface area contributed by atoms with Gasteiger partial charge in [-0.1, -0.05) is 0 Å². The van der Waals surface area contributed by atoms with E-state index < -0.39 is 23.2 Å². The molecule has 0 saturated carbocycles. The molecule has 1 spiro atoms. The first-order valence-electron chi connectivity index (χ1n) is 6.26. The summed E-state index contributed by atoms with van der Waals surface area (Å²) in [7, 11) is 0. The Morgan fingerprint density at radius 3 is 2.50 bits per heavy atom. The van der Waals surface area contributed by atoms with Crippen LogP contribution in [0.1, 0.15) is 33.6 Å². The van der Waals surface area contributed by atoms with Gasteiger partial charge >= 0.3 is 6.09 Å². The minimum atomic E-state index is -2.73. The lowest BCUT2D eigenvalue weighted by atomic mass is 9.77. The molecular formula is C12H20F2N2O2. The molecule has 1 atom stereocenters. The number of rotatable bonds is 0. The molecule has 0 aromatic heterocycles. The Bertz CT molecular complexity index is 354. The monoisotopic (exact) mass is 262 g/mol. The van der Waals surface area contributed by atoms with Crippen LogP contribution < -0.4 is 5.32 Å². The smallest absolute Gasteiger partial charge is 0.410 e. The SMILES string of the molecule is CC(C)(C)OC(=O)N1CCC[C@@]2(C1)NCC2(F)F. The number of hydrogen-bond donors (Lipinski definition) is 1. The van der Waals surface area contributed by atoms with E-state index in [1.807, 2.05) is 0 Å². The van der Waals surface area contributed by atoms with Crippen molar-refractivity contribution in [1.82, 2.24) is 10.2 Å². The summed E-state index contributed by atoms with van der Waals surface area (Å²) in [6.45, 7) is 5.50. The molecule has 1 N–H and O–H groups in total. The van der Waals surface area contributed by atoms with Crippen LogP contribution in [0.25, 0.3) is 0 Å². The van der Waals surface area contributed by atoms with Gasteiger partial charge in [0.2, 0.25) is 0 Å². The number of alkyl halides is 2. The normalized spacial score (nSPS) is 31.1.